The molecule has 0 atom stereocenters. The van der Waals surface area contributed by atoms with Crippen molar-refractivity contribution in [2.45, 2.75) is 20.8 Å². The van der Waals surface area contributed by atoms with Crippen molar-refractivity contribution in [3.05, 3.63) is 65.0 Å². The summed E-state index contributed by atoms with van der Waals surface area (Å²) in [5, 5.41) is 1.05. The van der Waals surface area contributed by atoms with E-state index >= 15 is 0 Å². The van der Waals surface area contributed by atoms with E-state index in [2.05, 4.69) is 4.98 Å². The van der Waals surface area contributed by atoms with Crippen LogP contribution in [-0.2, 0) is 14.4 Å². The third-order valence-electron chi connectivity index (χ3n) is 4.84. The van der Waals surface area contributed by atoms with Gasteiger partial charge in [0.25, 0.3) is 0 Å². The minimum atomic E-state index is -0.728. The van der Waals surface area contributed by atoms with Gasteiger partial charge in [0, 0.05) is 37.1 Å². The van der Waals surface area contributed by atoms with Crippen LogP contribution < -0.4 is 15.3 Å². The van der Waals surface area contributed by atoms with E-state index in [1.165, 1.54) is 20.8 Å². The van der Waals surface area contributed by atoms with Crippen LogP contribution in [0.5, 0.6) is 5.75 Å². The van der Waals surface area contributed by atoms with Crippen LogP contribution in [0.15, 0.2) is 63.8 Å². The van der Waals surface area contributed by atoms with Crippen molar-refractivity contribution in [3.8, 4) is 17.0 Å². The van der Waals surface area contributed by atoms with Crippen LogP contribution in [0.25, 0.3) is 33.0 Å². The molecule has 8 nitrogen and oxygen atoms in total. The number of fused-ring (bicyclic) bond motifs is 3. The number of hydrogen-bond acceptors (Lipinski definition) is 7. The Kier molecular flexibility index (Phi) is 5.28. The Bertz CT molecular complexity index is 1460. The Morgan fingerprint density at radius 3 is 2.25 bits per heavy atom. The number of ether oxygens (including phenoxy) is 1. The van der Waals surface area contributed by atoms with E-state index in [0.29, 0.717) is 27.6 Å². The smallest absolute Gasteiger partial charge is 0.348 e. The lowest BCUT2D eigenvalue weighted by Crippen LogP contribution is -2.34. The fraction of sp³-hybridized carbons (Fsp3) is 0.125. The summed E-state index contributed by atoms with van der Waals surface area (Å²) in [6.07, 6.45) is 0. The van der Waals surface area contributed by atoms with Crippen LogP contribution in [0.1, 0.15) is 20.8 Å². The topological polar surface area (TPSA) is 107 Å². The maximum absolute atomic E-state index is 12.9. The fourth-order valence-corrected chi connectivity index (χ4v) is 3.62. The summed E-state index contributed by atoms with van der Waals surface area (Å²) in [4.78, 5) is 54.4. The van der Waals surface area contributed by atoms with Crippen LogP contribution in [0.4, 0.5) is 5.82 Å². The highest BCUT2D eigenvalue weighted by atomic mass is 16.5. The monoisotopic (exact) mass is 430 g/mol. The van der Waals surface area contributed by atoms with E-state index in [1.807, 2.05) is 0 Å². The Morgan fingerprint density at radius 1 is 0.906 bits per heavy atom. The van der Waals surface area contributed by atoms with Gasteiger partial charge in [0.05, 0.1) is 5.69 Å². The molecule has 0 radical (unpaired) electrons. The lowest BCUT2D eigenvalue weighted by atomic mass is 10.0. The SMILES string of the molecule is CC(=O)Oc1ccccc1-c1cc2c(c(N(C(C)=O)C(C)=O)n1)c(=O)oc1ccccc12. The number of amides is 2. The molecule has 0 aliphatic carbocycles. The van der Waals surface area contributed by atoms with Crippen LogP contribution in [0.3, 0.4) is 0 Å². The van der Waals surface area contributed by atoms with E-state index < -0.39 is 23.4 Å². The molecule has 0 fully saturated rings. The Balaban J connectivity index is 2.17. The second kappa shape index (κ2) is 8.07. The molecule has 2 aromatic heterocycles. The summed E-state index contributed by atoms with van der Waals surface area (Å²) in [7, 11) is 0. The lowest BCUT2D eigenvalue weighted by molar-refractivity contribution is -0.132. The largest absolute Gasteiger partial charge is 0.426 e. The van der Waals surface area contributed by atoms with Crippen molar-refractivity contribution in [2.75, 3.05) is 4.90 Å². The first kappa shape index (κ1) is 20.9. The highest BCUT2D eigenvalue weighted by molar-refractivity contribution is 6.19. The molecule has 32 heavy (non-hydrogen) atoms. The molecule has 0 saturated heterocycles. The first-order chi connectivity index (χ1) is 15.3. The summed E-state index contributed by atoms with van der Waals surface area (Å²) in [5.41, 5.74) is 0.384. The molecule has 2 heterocycles. The van der Waals surface area contributed by atoms with Crippen LogP contribution >= 0.6 is 0 Å². The van der Waals surface area contributed by atoms with Gasteiger partial charge in [0.15, 0.2) is 5.82 Å². The first-order valence-electron chi connectivity index (χ1n) is 9.73. The molecule has 4 aromatic rings. The maximum atomic E-state index is 12.9. The van der Waals surface area contributed by atoms with Gasteiger partial charge in [-0.05, 0) is 24.3 Å². The summed E-state index contributed by atoms with van der Waals surface area (Å²) >= 11 is 0. The predicted octanol–water partition coefficient (Wildman–Crippen LogP) is 3.83. The maximum Gasteiger partial charge on any atom is 0.348 e. The fourth-order valence-electron chi connectivity index (χ4n) is 3.62. The first-order valence-corrected chi connectivity index (χ1v) is 9.73. The second-order valence-corrected chi connectivity index (χ2v) is 7.10. The predicted molar refractivity (Wildman–Crippen MR) is 118 cm³/mol. The van der Waals surface area contributed by atoms with Gasteiger partial charge >= 0.3 is 11.6 Å². The summed E-state index contributed by atoms with van der Waals surface area (Å²) in [6.45, 7) is 3.69. The van der Waals surface area contributed by atoms with Crippen molar-refractivity contribution < 1.29 is 23.5 Å². The Hall–Kier alpha value is -4.33. The zero-order valence-corrected chi connectivity index (χ0v) is 17.5. The molecule has 2 amide bonds. The Labute approximate surface area is 182 Å². The van der Waals surface area contributed by atoms with E-state index in [4.69, 9.17) is 9.15 Å². The summed E-state index contributed by atoms with van der Waals surface area (Å²) < 4.78 is 10.7. The normalized spacial score (nSPS) is 10.8. The number of benzene rings is 2. The van der Waals surface area contributed by atoms with Gasteiger partial charge in [-0.1, -0.05) is 30.3 Å². The molecule has 2 aromatic carbocycles. The van der Waals surface area contributed by atoms with Crippen molar-refractivity contribution in [1.29, 1.82) is 0 Å². The Morgan fingerprint density at radius 2 is 1.56 bits per heavy atom. The summed E-state index contributed by atoms with van der Waals surface area (Å²) in [6, 6.07) is 15.3. The number of anilines is 1. The number of para-hydroxylation sites is 2. The van der Waals surface area contributed by atoms with Gasteiger partial charge in [-0.3, -0.25) is 14.4 Å². The molecular formula is C24H18N2O6. The molecule has 0 unspecified atom stereocenters. The molecule has 0 spiro atoms. The molecular weight excluding hydrogens is 412 g/mol. The third-order valence-corrected chi connectivity index (χ3v) is 4.84. The molecule has 8 heteroatoms. The lowest BCUT2D eigenvalue weighted by Gasteiger charge is -2.19. The average Bonchev–Trinajstić information content (AvgIpc) is 2.73. The van der Waals surface area contributed by atoms with Crippen molar-refractivity contribution in [1.82, 2.24) is 4.98 Å². The van der Waals surface area contributed by atoms with Crippen LogP contribution in [-0.4, -0.2) is 22.8 Å². The molecule has 0 aliphatic rings. The van der Waals surface area contributed by atoms with Crippen LogP contribution in [0.2, 0.25) is 0 Å². The summed E-state index contributed by atoms with van der Waals surface area (Å²) in [5.74, 6) is -1.62. The quantitative estimate of drug-likeness (QED) is 0.210. The number of nitrogens with zero attached hydrogens (tertiary/aromatic N) is 2. The number of carbonyl (C=O) groups is 3. The number of hydrogen-bond donors (Lipinski definition) is 0. The zero-order chi connectivity index (χ0) is 23.0. The molecule has 0 saturated carbocycles. The number of esters is 1. The number of aromatic nitrogens is 1. The number of pyridine rings is 1. The van der Waals surface area contributed by atoms with E-state index in [0.717, 1.165) is 4.90 Å². The van der Waals surface area contributed by atoms with E-state index in [-0.39, 0.29) is 17.0 Å². The van der Waals surface area contributed by atoms with E-state index in [9.17, 15) is 19.2 Å². The van der Waals surface area contributed by atoms with Gasteiger partial charge < -0.3 is 9.15 Å². The number of rotatable bonds is 3. The highest BCUT2D eigenvalue weighted by Gasteiger charge is 2.25. The number of carbonyl (C=O) groups excluding carboxylic acids is 3. The molecule has 160 valence electrons. The average molecular weight is 430 g/mol. The van der Waals surface area contributed by atoms with Crippen molar-refractivity contribution in [2.24, 2.45) is 0 Å². The van der Waals surface area contributed by atoms with Gasteiger partial charge in [-0.2, -0.15) is 0 Å². The van der Waals surface area contributed by atoms with Gasteiger partial charge in [-0.25, -0.2) is 14.7 Å². The third kappa shape index (κ3) is 3.62. The van der Waals surface area contributed by atoms with Crippen molar-refractivity contribution >= 4 is 45.3 Å². The highest BCUT2D eigenvalue weighted by Crippen LogP contribution is 2.36. The molecule has 4 rings (SSSR count). The van der Waals surface area contributed by atoms with Crippen molar-refractivity contribution in [3.63, 3.8) is 0 Å². The van der Waals surface area contributed by atoms with Gasteiger partial charge in [-0.15, -0.1) is 0 Å². The molecule has 0 aliphatic heterocycles. The minimum Gasteiger partial charge on any atom is -0.426 e. The minimum absolute atomic E-state index is 0.00261. The van der Waals surface area contributed by atoms with E-state index in [1.54, 1.807) is 54.6 Å². The number of imide groups is 1. The molecule has 0 bridgehead atoms. The van der Waals surface area contributed by atoms with Gasteiger partial charge in [0.1, 0.15) is 16.7 Å². The zero-order valence-electron chi connectivity index (χ0n) is 17.5. The van der Waals surface area contributed by atoms with Gasteiger partial charge in [0.2, 0.25) is 11.8 Å². The van der Waals surface area contributed by atoms with Crippen LogP contribution in [0, 0.1) is 0 Å². The molecule has 0 N–H and O–H groups in total. The standard InChI is InChI=1S/C24H18N2O6/c1-13(27)26(14(2)28)23-22-18(16-8-4-6-10-20(16)32-24(22)30)12-19(25-23)17-9-5-7-11-21(17)31-15(3)29/h4-12H,1-3H3. The second-order valence-electron chi connectivity index (χ2n) is 7.10.